The Morgan fingerprint density at radius 1 is 1.11 bits per heavy atom. The molecule has 0 saturated heterocycles. The summed E-state index contributed by atoms with van der Waals surface area (Å²) in [6, 6.07) is 0. The Balaban J connectivity index is 2.62. The summed E-state index contributed by atoms with van der Waals surface area (Å²) in [5.41, 5.74) is 0.107. The molecule has 0 fully saturated rings. The SMILES string of the molecule is CCCCCCC(C)(CCCC)c1ncc(Br)o1. The topological polar surface area (TPSA) is 26.0 Å². The molecular formula is C15H26BrNO. The van der Waals surface area contributed by atoms with Gasteiger partial charge in [0.15, 0.2) is 4.67 Å². The normalized spacial score (nSPS) is 14.7. The number of oxazole rings is 1. The van der Waals surface area contributed by atoms with Crippen LogP contribution in [0.3, 0.4) is 0 Å². The highest BCUT2D eigenvalue weighted by Gasteiger charge is 2.30. The highest BCUT2D eigenvalue weighted by atomic mass is 79.9. The average Bonchev–Trinajstić information content (AvgIpc) is 2.80. The second-order valence-corrected chi connectivity index (χ2v) is 6.23. The smallest absolute Gasteiger partial charge is 0.201 e. The molecule has 0 bridgehead atoms. The van der Waals surface area contributed by atoms with Gasteiger partial charge in [0.25, 0.3) is 0 Å². The van der Waals surface area contributed by atoms with E-state index in [1.807, 2.05) is 0 Å². The Hall–Kier alpha value is -0.310. The minimum atomic E-state index is 0.107. The van der Waals surface area contributed by atoms with Gasteiger partial charge in [-0.15, -0.1) is 0 Å². The molecule has 0 N–H and O–H groups in total. The van der Waals surface area contributed by atoms with Gasteiger partial charge in [0, 0.05) is 5.41 Å². The Labute approximate surface area is 120 Å². The van der Waals surface area contributed by atoms with Gasteiger partial charge in [-0.2, -0.15) is 0 Å². The van der Waals surface area contributed by atoms with Crippen LogP contribution in [0.1, 0.15) is 78.0 Å². The van der Waals surface area contributed by atoms with E-state index in [1.165, 1.54) is 51.4 Å². The van der Waals surface area contributed by atoms with Gasteiger partial charge in [0.2, 0.25) is 5.89 Å². The maximum absolute atomic E-state index is 5.71. The maximum Gasteiger partial charge on any atom is 0.201 e. The van der Waals surface area contributed by atoms with Crippen molar-refractivity contribution in [1.82, 2.24) is 4.98 Å². The Kier molecular flexibility index (Phi) is 6.98. The van der Waals surface area contributed by atoms with Crippen LogP contribution < -0.4 is 0 Å². The lowest BCUT2D eigenvalue weighted by Crippen LogP contribution is -2.22. The standard InChI is InChI=1S/C15H26BrNO/c1-4-6-8-9-11-15(3,10-7-5-2)14-17-12-13(16)18-14/h12H,4-11H2,1-3H3. The van der Waals surface area contributed by atoms with Crippen LogP contribution >= 0.6 is 15.9 Å². The summed E-state index contributed by atoms with van der Waals surface area (Å²) in [7, 11) is 0. The van der Waals surface area contributed by atoms with Crippen LogP contribution in [0.2, 0.25) is 0 Å². The zero-order chi connectivity index (χ0) is 13.4. The van der Waals surface area contributed by atoms with Crippen molar-refractivity contribution in [2.24, 2.45) is 0 Å². The van der Waals surface area contributed by atoms with Gasteiger partial charge in [-0.25, -0.2) is 4.98 Å². The highest BCUT2D eigenvalue weighted by molar-refractivity contribution is 9.10. The van der Waals surface area contributed by atoms with Crippen LogP contribution in [-0.2, 0) is 5.41 Å². The molecule has 2 nitrogen and oxygen atoms in total. The first-order chi connectivity index (χ1) is 8.62. The summed E-state index contributed by atoms with van der Waals surface area (Å²) in [4.78, 5) is 4.43. The Bertz CT molecular complexity index is 337. The predicted molar refractivity (Wildman–Crippen MR) is 79.8 cm³/mol. The molecule has 3 heteroatoms. The van der Waals surface area contributed by atoms with Crippen molar-refractivity contribution in [2.75, 3.05) is 0 Å². The first-order valence-corrected chi connectivity index (χ1v) is 8.03. The third kappa shape index (κ3) is 4.75. The van der Waals surface area contributed by atoms with Crippen LogP contribution in [0.25, 0.3) is 0 Å². The van der Waals surface area contributed by atoms with Crippen molar-refractivity contribution in [3.05, 3.63) is 16.8 Å². The molecule has 104 valence electrons. The van der Waals surface area contributed by atoms with Crippen LogP contribution in [0.5, 0.6) is 0 Å². The molecule has 18 heavy (non-hydrogen) atoms. The molecule has 0 aliphatic rings. The fraction of sp³-hybridized carbons (Fsp3) is 0.800. The summed E-state index contributed by atoms with van der Waals surface area (Å²) in [5, 5.41) is 0. The molecule has 1 aromatic rings. The molecule has 0 aliphatic carbocycles. The Morgan fingerprint density at radius 2 is 1.78 bits per heavy atom. The molecule has 0 saturated carbocycles. The van der Waals surface area contributed by atoms with Crippen molar-refractivity contribution in [3.63, 3.8) is 0 Å². The minimum Gasteiger partial charge on any atom is -0.433 e. The number of rotatable bonds is 9. The van der Waals surface area contributed by atoms with Gasteiger partial charge >= 0.3 is 0 Å². The number of hydrogen-bond donors (Lipinski definition) is 0. The third-order valence-corrected chi connectivity index (χ3v) is 4.02. The molecule has 1 aromatic heterocycles. The summed E-state index contributed by atoms with van der Waals surface area (Å²) in [6.07, 6.45) is 11.8. The van der Waals surface area contributed by atoms with Crippen molar-refractivity contribution in [2.45, 2.75) is 77.6 Å². The molecule has 0 spiro atoms. The maximum atomic E-state index is 5.71. The Morgan fingerprint density at radius 3 is 2.33 bits per heavy atom. The first kappa shape index (κ1) is 15.7. The van der Waals surface area contributed by atoms with E-state index < -0.39 is 0 Å². The average molecular weight is 316 g/mol. The van der Waals surface area contributed by atoms with E-state index in [0.29, 0.717) is 0 Å². The van der Waals surface area contributed by atoms with E-state index in [0.717, 1.165) is 10.6 Å². The fourth-order valence-corrected chi connectivity index (χ4v) is 2.64. The van der Waals surface area contributed by atoms with E-state index in [-0.39, 0.29) is 5.41 Å². The lowest BCUT2D eigenvalue weighted by Gasteiger charge is -2.26. The largest absolute Gasteiger partial charge is 0.433 e. The molecule has 1 heterocycles. The number of hydrogen-bond acceptors (Lipinski definition) is 2. The van der Waals surface area contributed by atoms with E-state index >= 15 is 0 Å². The zero-order valence-corrected chi connectivity index (χ0v) is 13.6. The van der Waals surface area contributed by atoms with Gasteiger partial charge in [0.05, 0.1) is 6.20 Å². The van der Waals surface area contributed by atoms with Gasteiger partial charge in [-0.05, 0) is 28.8 Å². The first-order valence-electron chi connectivity index (χ1n) is 7.24. The molecule has 1 atom stereocenters. The van der Waals surface area contributed by atoms with Gasteiger partial charge in [0.1, 0.15) is 0 Å². The molecular weight excluding hydrogens is 290 g/mol. The summed E-state index contributed by atoms with van der Waals surface area (Å²) in [6.45, 7) is 6.79. The summed E-state index contributed by atoms with van der Waals surface area (Å²) in [5.74, 6) is 0.902. The van der Waals surface area contributed by atoms with E-state index in [2.05, 4.69) is 41.7 Å². The van der Waals surface area contributed by atoms with Crippen molar-refractivity contribution >= 4 is 15.9 Å². The van der Waals surface area contributed by atoms with E-state index in [4.69, 9.17) is 4.42 Å². The molecule has 1 rings (SSSR count). The highest BCUT2D eigenvalue weighted by Crippen LogP contribution is 2.35. The van der Waals surface area contributed by atoms with Crippen LogP contribution in [0.4, 0.5) is 0 Å². The van der Waals surface area contributed by atoms with Crippen molar-refractivity contribution in [3.8, 4) is 0 Å². The number of nitrogens with zero attached hydrogens (tertiary/aromatic N) is 1. The molecule has 0 amide bonds. The summed E-state index contributed by atoms with van der Waals surface area (Å²) < 4.78 is 6.45. The van der Waals surface area contributed by atoms with Gasteiger partial charge < -0.3 is 4.42 Å². The lowest BCUT2D eigenvalue weighted by molar-refractivity contribution is 0.285. The fourth-order valence-electron chi connectivity index (χ4n) is 2.38. The van der Waals surface area contributed by atoms with Crippen LogP contribution in [-0.4, -0.2) is 4.98 Å². The van der Waals surface area contributed by atoms with Crippen molar-refractivity contribution < 1.29 is 4.42 Å². The second kappa shape index (κ2) is 7.98. The molecule has 0 aromatic carbocycles. The van der Waals surface area contributed by atoms with Crippen molar-refractivity contribution in [1.29, 1.82) is 0 Å². The third-order valence-electron chi connectivity index (χ3n) is 3.66. The number of halogens is 1. The van der Waals surface area contributed by atoms with Gasteiger partial charge in [-0.1, -0.05) is 59.3 Å². The number of unbranched alkanes of at least 4 members (excludes halogenated alkanes) is 4. The molecule has 1 unspecified atom stereocenters. The van der Waals surface area contributed by atoms with E-state index in [1.54, 1.807) is 6.20 Å². The van der Waals surface area contributed by atoms with Gasteiger partial charge in [-0.3, -0.25) is 0 Å². The quantitative estimate of drug-likeness (QED) is 0.534. The minimum absolute atomic E-state index is 0.107. The van der Waals surface area contributed by atoms with Crippen LogP contribution in [0.15, 0.2) is 15.3 Å². The number of aromatic nitrogens is 1. The zero-order valence-electron chi connectivity index (χ0n) is 12.0. The van der Waals surface area contributed by atoms with Crippen LogP contribution in [0, 0.1) is 0 Å². The molecule has 0 aliphatic heterocycles. The second-order valence-electron chi connectivity index (χ2n) is 5.44. The monoisotopic (exact) mass is 315 g/mol. The molecule has 0 radical (unpaired) electrons. The van der Waals surface area contributed by atoms with E-state index in [9.17, 15) is 0 Å². The lowest BCUT2D eigenvalue weighted by atomic mass is 9.80. The predicted octanol–water partition coefficient (Wildman–Crippen LogP) is 5.86. The summed E-state index contributed by atoms with van der Waals surface area (Å²) >= 11 is 3.36.